The van der Waals surface area contributed by atoms with E-state index in [2.05, 4.69) is 0 Å². The number of alkyl halides is 1. The number of hydrogen-bond acceptors (Lipinski definition) is 3. The molecule has 1 fully saturated rings. The molecule has 1 saturated heterocycles. The highest BCUT2D eigenvalue weighted by molar-refractivity contribution is 7.86. The Morgan fingerprint density at radius 1 is 1.56 bits per heavy atom. The van der Waals surface area contributed by atoms with Crippen molar-refractivity contribution in [2.24, 2.45) is 0 Å². The fourth-order valence-electron chi connectivity index (χ4n) is 1.59. The van der Waals surface area contributed by atoms with E-state index in [4.69, 9.17) is 16.3 Å². The molecule has 0 aromatic rings. The summed E-state index contributed by atoms with van der Waals surface area (Å²) in [6, 6.07) is 0. The highest BCUT2D eigenvalue weighted by Crippen LogP contribution is 2.12. The van der Waals surface area contributed by atoms with Crippen LogP contribution in [0.3, 0.4) is 0 Å². The Labute approximate surface area is 102 Å². The van der Waals surface area contributed by atoms with E-state index in [1.165, 1.54) is 8.61 Å². The van der Waals surface area contributed by atoms with Gasteiger partial charge in [-0.25, -0.2) is 0 Å². The molecule has 1 rings (SSSR count). The van der Waals surface area contributed by atoms with Gasteiger partial charge in [-0.1, -0.05) is 0 Å². The molecule has 1 heterocycles. The molecule has 0 saturated carbocycles. The molecular formula is C9H19ClN2O3S. The molecule has 0 aromatic carbocycles. The topological polar surface area (TPSA) is 49.9 Å². The van der Waals surface area contributed by atoms with Gasteiger partial charge in [0.15, 0.2) is 0 Å². The zero-order valence-electron chi connectivity index (χ0n) is 9.73. The van der Waals surface area contributed by atoms with E-state index in [0.717, 1.165) is 0 Å². The first-order valence-corrected chi connectivity index (χ1v) is 7.30. The Morgan fingerprint density at radius 2 is 2.25 bits per heavy atom. The quantitative estimate of drug-likeness (QED) is 0.684. The molecule has 1 aliphatic rings. The van der Waals surface area contributed by atoms with E-state index >= 15 is 0 Å². The van der Waals surface area contributed by atoms with Crippen molar-refractivity contribution >= 4 is 21.8 Å². The average molecular weight is 271 g/mol. The molecule has 96 valence electrons. The largest absolute Gasteiger partial charge is 0.376 e. The van der Waals surface area contributed by atoms with E-state index in [0.29, 0.717) is 38.5 Å². The SMILES string of the molecule is CC1CN(S(=O)(=O)N(C)CCCCl)CCO1. The predicted octanol–water partition coefficient (Wildman–Crippen LogP) is 0.513. The zero-order chi connectivity index (χ0) is 12.2. The van der Waals surface area contributed by atoms with E-state index in [1.54, 1.807) is 7.05 Å². The predicted molar refractivity (Wildman–Crippen MR) is 63.9 cm³/mol. The molecule has 0 radical (unpaired) electrons. The van der Waals surface area contributed by atoms with E-state index in [-0.39, 0.29) is 6.10 Å². The summed E-state index contributed by atoms with van der Waals surface area (Å²) in [6.45, 7) is 3.65. The third-order valence-electron chi connectivity index (χ3n) is 2.53. The second kappa shape index (κ2) is 6.16. The minimum Gasteiger partial charge on any atom is -0.376 e. The third kappa shape index (κ3) is 3.56. The summed E-state index contributed by atoms with van der Waals surface area (Å²) in [7, 11) is -1.75. The van der Waals surface area contributed by atoms with Gasteiger partial charge in [-0.05, 0) is 13.3 Å². The first-order valence-electron chi connectivity index (χ1n) is 5.37. The number of hydrogen-bond donors (Lipinski definition) is 0. The summed E-state index contributed by atoms with van der Waals surface area (Å²) >= 11 is 5.55. The van der Waals surface area contributed by atoms with Crippen LogP contribution < -0.4 is 0 Å². The van der Waals surface area contributed by atoms with Crippen molar-refractivity contribution in [3.8, 4) is 0 Å². The van der Waals surface area contributed by atoms with Gasteiger partial charge in [0.2, 0.25) is 0 Å². The summed E-state index contributed by atoms with van der Waals surface area (Å²) in [5, 5.41) is 0. The van der Waals surface area contributed by atoms with Crippen molar-refractivity contribution in [2.75, 3.05) is 39.2 Å². The summed E-state index contributed by atoms with van der Waals surface area (Å²) in [5.41, 5.74) is 0. The van der Waals surface area contributed by atoms with Crippen LogP contribution in [-0.4, -0.2) is 62.3 Å². The van der Waals surface area contributed by atoms with E-state index < -0.39 is 10.2 Å². The molecular weight excluding hydrogens is 252 g/mol. The molecule has 16 heavy (non-hydrogen) atoms. The smallest absolute Gasteiger partial charge is 0.281 e. The van der Waals surface area contributed by atoms with E-state index in [9.17, 15) is 8.42 Å². The summed E-state index contributed by atoms with van der Waals surface area (Å²) in [5.74, 6) is 0.472. The molecule has 0 N–H and O–H groups in total. The Morgan fingerprint density at radius 3 is 2.81 bits per heavy atom. The fraction of sp³-hybridized carbons (Fsp3) is 1.00. The van der Waals surface area contributed by atoms with Crippen molar-refractivity contribution in [3.63, 3.8) is 0 Å². The molecule has 0 amide bonds. The Kier molecular flexibility index (Phi) is 5.46. The van der Waals surface area contributed by atoms with Crippen molar-refractivity contribution in [2.45, 2.75) is 19.4 Å². The highest BCUT2D eigenvalue weighted by Gasteiger charge is 2.30. The van der Waals surface area contributed by atoms with Crippen molar-refractivity contribution in [3.05, 3.63) is 0 Å². The molecule has 0 aromatic heterocycles. The Hall–Kier alpha value is 0.120. The van der Waals surface area contributed by atoms with Gasteiger partial charge in [0, 0.05) is 32.6 Å². The number of halogens is 1. The molecule has 1 unspecified atom stereocenters. The zero-order valence-corrected chi connectivity index (χ0v) is 11.3. The molecule has 5 nitrogen and oxygen atoms in total. The van der Waals surface area contributed by atoms with Gasteiger partial charge in [0.1, 0.15) is 0 Å². The second-order valence-corrected chi connectivity index (χ2v) is 6.32. The summed E-state index contributed by atoms with van der Waals surface area (Å²) in [4.78, 5) is 0. The Bertz CT molecular complexity index is 310. The molecule has 7 heteroatoms. The van der Waals surface area contributed by atoms with Crippen molar-refractivity contribution < 1.29 is 13.2 Å². The van der Waals surface area contributed by atoms with Gasteiger partial charge in [-0.2, -0.15) is 17.0 Å². The minimum absolute atomic E-state index is 0.0371. The first kappa shape index (κ1) is 14.2. The third-order valence-corrected chi connectivity index (χ3v) is 4.75. The van der Waals surface area contributed by atoms with Gasteiger partial charge in [-0.15, -0.1) is 11.6 Å². The maximum absolute atomic E-state index is 12.1. The molecule has 1 atom stereocenters. The van der Waals surface area contributed by atoms with Crippen LogP contribution >= 0.6 is 11.6 Å². The lowest BCUT2D eigenvalue weighted by Gasteiger charge is -2.33. The highest BCUT2D eigenvalue weighted by atomic mass is 35.5. The normalized spacial score (nSPS) is 23.9. The number of morpholine rings is 1. The van der Waals surface area contributed by atoms with Gasteiger partial charge < -0.3 is 4.74 Å². The average Bonchev–Trinajstić information content (AvgIpc) is 2.25. The lowest BCUT2D eigenvalue weighted by atomic mass is 10.3. The van der Waals surface area contributed by atoms with Crippen LogP contribution in [0.4, 0.5) is 0 Å². The summed E-state index contributed by atoms with van der Waals surface area (Å²) < 4.78 is 32.3. The van der Waals surface area contributed by atoms with Crippen LogP contribution in [0, 0.1) is 0 Å². The molecule has 0 spiro atoms. The first-order chi connectivity index (χ1) is 7.48. The second-order valence-electron chi connectivity index (χ2n) is 3.91. The van der Waals surface area contributed by atoms with Crippen LogP contribution in [0.25, 0.3) is 0 Å². The fourth-order valence-corrected chi connectivity index (χ4v) is 3.17. The molecule has 1 aliphatic heterocycles. The van der Waals surface area contributed by atoms with Gasteiger partial charge in [-0.3, -0.25) is 0 Å². The Balaban J connectivity index is 2.61. The van der Waals surface area contributed by atoms with E-state index in [1.807, 2.05) is 6.92 Å². The minimum atomic E-state index is -3.34. The van der Waals surface area contributed by atoms with Crippen molar-refractivity contribution in [1.82, 2.24) is 8.61 Å². The molecule has 0 aliphatic carbocycles. The number of rotatable bonds is 5. The van der Waals surface area contributed by atoms with Gasteiger partial charge >= 0.3 is 0 Å². The maximum atomic E-state index is 12.1. The van der Waals surface area contributed by atoms with Gasteiger partial charge in [0.25, 0.3) is 10.2 Å². The van der Waals surface area contributed by atoms with Crippen LogP contribution in [0.15, 0.2) is 0 Å². The monoisotopic (exact) mass is 270 g/mol. The van der Waals surface area contributed by atoms with Crippen LogP contribution in [-0.2, 0) is 14.9 Å². The van der Waals surface area contributed by atoms with Crippen LogP contribution in [0.5, 0.6) is 0 Å². The number of ether oxygens (including phenoxy) is 1. The number of nitrogens with zero attached hydrogens (tertiary/aromatic N) is 2. The summed E-state index contributed by atoms with van der Waals surface area (Å²) in [6.07, 6.45) is 0.627. The van der Waals surface area contributed by atoms with Gasteiger partial charge in [0.05, 0.1) is 12.7 Å². The lowest BCUT2D eigenvalue weighted by Crippen LogP contribution is -2.49. The van der Waals surface area contributed by atoms with Crippen LogP contribution in [0.2, 0.25) is 0 Å². The standard InChI is InChI=1S/C9H19ClN2O3S/c1-9-8-12(6-7-15-9)16(13,14)11(2)5-3-4-10/h9H,3-8H2,1-2H3. The van der Waals surface area contributed by atoms with Crippen molar-refractivity contribution in [1.29, 1.82) is 0 Å². The molecule has 0 bridgehead atoms. The lowest BCUT2D eigenvalue weighted by molar-refractivity contribution is 0.00854. The van der Waals surface area contributed by atoms with Crippen LogP contribution in [0.1, 0.15) is 13.3 Å². The maximum Gasteiger partial charge on any atom is 0.281 e.